The maximum atomic E-state index is 14.5. The molecule has 2 aromatic rings. The smallest absolute Gasteiger partial charge is 0.257 e. The number of carbonyl (C=O) groups is 3. The SMILES string of the molecule is CO[C@H]1CN(C)C(=O)c2cc(NC(=O)C3CC3)ccc2OC[C@@H](C)N(C(=O)c2ccccc2F)C[C@@H]1C. The lowest BCUT2D eigenvalue weighted by Crippen LogP contribution is -2.48. The van der Waals surface area contributed by atoms with E-state index in [0.29, 0.717) is 17.0 Å². The van der Waals surface area contributed by atoms with Gasteiger partial charge in [0.25, 0.3) is 11.8 Å². The van der Waals surface area contributed by atoms with Gasteiger partial charge in [-0.25, -0.2) is 4.39 Å². The Morgan fingerprint density at radius 3 is 2.51 bits per heavy atom. The van der Waals surface area contributed by atoms with Crippen molar-refractivity contribution in [3.05, 3.63) is 59.4 Å². The summed E-state index contributed by atoms with van der Waals surface area (Å²) in [4.78, 5) is 42.3. The van der Waals surface area contributed by atoms with Gasteiger partial charge in [0.05, 0.1) is 23.3 Å². The van der Waals surface area contributed by atoms with Crippen molar-refractivity contribution in [2.24, 2.45) is 11.8 Å². The molecular weight excluding hydrogens is 477 g/mol. The highest BCUT2D eigenvalue weighted by Gasteiger charge is 2.32. The molecule has 1 N–H and O–H groups in total. The summed E-state index contributed by atoms with van der Waals surface area (Å²) < 4.78 is 26.3. The Balaban J connectivity index is 1.66. The van der Waals surface area contributed by atoms with Crippen LogP contribution in [0, 0.1) is 17.7 Å². The van der Waals surface area contributed by atoms with Crippen LogP contribution >= 0.6 is 0 Å². The molecule has 2 aromatic carbocycles. The fourth-order valence-electron chi connectivity index (χ4n) is 4.52. The number of carbonyl (C=O) groups excluding carboxylic acids is 3. The van der Waals surface area contributed by atoms with Gasteiger partial charge in [-0.1, -0.05) is 19.1 Å². The summed E-state index contributed by atoms with van der Waals surface area (Å²) in [7, 11) is 3.25. The molecule has 1 heterocycles. The number of hydrogen-bond acceptors (Lipinski definition) is 5. The van der Waals surface area contributed by atoms with E-state index < -0.39 is 17.8 Å². The van der Waals surface area contributed by atoms with Crippen LogP contribution in [0.15, 0.2) is 42.5 Å². The molecule has 1 saturated carbocycles. The Morgan fingerprint density at radius 2 is 1.84 bits per heavy atom. The first kappa shape index (κ1) is 26.6. The van der Waals surface area contributed by atoms with Crippen LogP contribution in [0.4, 0.5) is 10.1 Å². The van der Waals surface area contributed by atoms with E-state index in [1.165, 1.54) is 12.1 Å². The largest absolute Gasteiger partial charge is 0.491 e. The fourth-order valence-corrected chi connectivity index (χ4v) is 4.52. The number of likely N-dealkylation sites (N-methyl/N-ethyl adjacent to an activating group) is 1. The predicted molar refractivity (Wildman–Crippen MR) is 137 cm³/mol. The lowest BCUT2D eigenvalue weighted by molar-refractivity contribution is -0.117. The molecule has 1 aliphatic heterocycles. The van der Waals surface area contributed by atoms with Crippen molar-refractivity contribution < 1.29 is 28.2 Å². The van der Waals surface area contributed by atoms with E-state index in [-0.39, 0.29) is 55.0 Å². The summed E-state index contributed by atoms with van der Waals surface area (Å²) in [5.74, 6) is -1.14. The van der Waals surface area contributed by atoms with Crippen molar-refractivity contribution in [2.45, 2.75) is 38.8 Å². The van der Waals surface area contributed by atoms with Gasteiger partial charge in [0, 0.05) is 44.8 Å². The summed E-state index contributed by atoms with van der Waals surface area (Å²) in [6.07, 6.45) is 1.37. The number of halogens is 1. The molecule has 0 saturated heterocycles. The maximum Gasteiger partial charge on any atom is 0.257 e. The summed E-state index contributed by atoms with van der Waals surface area (Å²) in [5.41, 5.74) is 0.818. The van der Waals surface area contributed by atoms with E-state index in [2.05, 4.69) is 5.32 Å². The molecule has 4 rings (SSSR count). The van der Waals surface area contributed by atoms with Crippen LogP contribution in [0.25, 0.3) is 0 Å². The minimum atomic E-state index is -0.584. The number of hydrogen-bond donors (Lipinski definition) is 1. The molecule has 0 radical (unpaired) electrons. The molecule has 37 heavy (non-hydrogen) atoms. The molecule has 0 bridgehead atoms. The van der Waals surface area contributed by atoms with Gasteiger partial charge in [-0.3, -0.25) is 14.4 Å². The summed E-state index contributed by atoms with van der Waals surface area (Å²) in [6, 6.07) is 10.5. The number of amides is 3. The third-order valence-corrected chi connectivity index (χ3v) is 7.03. The number of benzene rings is 2. The molecule has 0 unspecified atom stereocenters. The van der Waals surface area contributed by atoms with Crippen molar-refractivity contribution >= 4 is 23.4 Å². The first-order chi connectivity index (χ1) is 17.7. The Labute approximate surface area is 216 Å². The zero-order valence-corrected chi connectivity index (χ0v) is 21.7. The third-order valence-electron chi connectivity index (χ3n) is 7.03. The second-order valence-corrected chi connectivity index (χ2v) is 10.0. The molecule has 2 aliphatic rings. The van der Waals surface area contributed by atoms with Gasteiger partial charge in [0.15, 0.2) is 0 Å². The topological polar surface area (TPSA) is 88.2 Å². The normalized spacial score (nSPS) is 22.8. The zero-order chi connectivity index (χ0) is 26.7. The lowest BCUT2D eigenvalue weighted by Gasteiger charge is -2.36. The van der Waals surface area contributed by atoms with Crippen molar-refractivity contribution in [1.82, 2.24) is 9.80 Å². The molecule has 1 aliphatic carbocycles. The number of anilines is 1. The third kappa shape index (κ3) is 6.10. The Morgan fingerprint density at radius 1 is 1.11 bits per heavy atom. The highest BCUT2D eigenvalue weighted by Crippen LogP contribution is 2.32. The molecule has 3 atom stereocenters. The number of methoxy groups -OCH3 is 1. The first-order valence-electron chi connectivity index (χ1n) is 12.6. The quantitative estimate of drug-likeness (QED) is 0.674. The van der Waals surface area contributed by atoms with Crippen LogP contribution in [0.3, 0.4) is 0 Å². The summed E-state index contributed by atoms with van der Waals surface area (Å²) in [6.45, 7) is 4.41. The molecule has 0 aromatic heterocycles. The lowest BCUT2D eigenvalue weighted by atomic mass is 10.0. The Kier molecular flexibility index (Phi) is 8.12. The molecular formula is C28H34FN3O5. The number of nitrogens with one attached hydrogen (secondary N) is 1. The van der Waals surface area contributed by atoms with Crippen LogP contribution in [0.5, 0.6) is 5.75 Å². The van der Waals surface area contributed by atoms with Gasteiger partial charge < -0.3 is 24.6 Å². The van der Waals surface area contributed by atoms with Crippen molar-refractivity contribution in [3.8, 4) is 5.75 Å². The Bertz CT molecular complexity index is 1170. The van der Waals surface area contributed by atoms with E-state index >= 15 is 0 Å². The summed E-state index contributed by atoms with van der Waals surface area (Å²) in [5, 5.41) is 2.88. The van der Waals surface area contributed by atoms with Crippen LogP contribution in [-0.4, -0.2) is 73.5 Å². The van der Waals surface area contributed by atoms with Crippen LogP contribution in [0.1, 0.15) is 47.4 Å². The minimum Gasteiger partial charge on any atom is -0.491 e. The maximum absolute atomic E-state index is 14.5. The van der Waals surface area contributed by atoms with Crippen LogP contribution in [0.2, 0.25) is 0 Å². The van der Waals surface area contributed by atoms with Crippen molar-refractivity contribution in [1.29, 1.82) is 0 Å². The molecule has 1 fully saturated rings. The molecule has 8 nitrogen and oxygen atoms in total. The van der Waals surface area contributed by atoms with Gasteiger partial charge in [-0.2, -0.15) is 0 Å². The van der Waals surface area contributed by atoms with Gasteiger partial charge >= 0.3 is 0 Å². The second-order valence-electron chi connectivity index (χ2n) is 10.0. The highest BCUT2D eigenvalue weighted by molar-refractivity contribution is 6.00. The molecule has 0 spiro atoms. The zero-order valence-electron chi connectivity index (χ0n) is 21.7. The van der Waals surface area contributed by atoms with E-state index in [1.807, 2.05) is 13.8 Å². The fraction of sp³-hybridized carbons (Fsp3) is 0.464. The van der Waals surface area contributed by atoms with E-state index in [4.69, 9.17) is 9.47 Å². The number of nitrogens with zero attached hydrogens (tertiary/aromatic N) is 2. The van der Waals surface area contributed by atoms with Gasteiger partial charge in [0.2, 0.25) is 5.91 Å². The van der Waals surface area contributed by atoms with Crippen molar-refractivity contribution in [3.63, 3.8) is 0 Å². The second kappa shape index (κ2) is 11.3. The van der Waals surface area contributed by atoms with Gasteiger partial charge in [-0.15, -0.1) is 0 Å². The minimum absolute atomic E-state index is 0.00801. The van der Waals surface area contributed by atoms with Crippen LogP contribution < -0.4 is 10.1 Å². The Hall–Kier alpha value is -3.46. The van der Waals surface area contributed by atoms with E-state index in [1.54, 1.807) is 54.3 Å². The van der Waals surface area contributed by atoms with Crippen molar-refractivity contribution in [2.75, 3.05) is 39.2 Å². The molecule has 3 amide bonds. The highest BCUT2D eigenvalue weighted by atomic mass is 19.1. The average molecular weight is 512 g/mol. The van der Waals surface area contributed by atoms with Crippen LogP contribution in [-0.2, 0) is 9.53 Å². The summed E-state index contributed by atoms with van der Waals surface area (Å²) >= 11 is 0. The van der Waals surface area contributed by atoms with E-state index in [0.717, 1.165) is 12.8 Å². The molecule has 9 heteroatoms. The number of ether oxygens (including phenoxy) is 2. The number of fused-ring (bicyclic) bond motifs is 1. The first-order valence-corrected chi connectivity index (χ1v) is 12.6. The van der Waals surface area contributed by atoms with E-state index in [9.17, 15) is 18.8 Å². The predicted octanol–water partition coefficient (Wildman–Crippen LogP) is 3.82. The molecule has 198 valence electrons. The van der Waals surface area contributed by atoms with Gasteiger partial charge in [0.1, 0.15) is 18.2 Å². The monoisotopic (exact) mass is 511 g/mol. The number of rotatable bonds is 4. The van der Waals surface area contributed by atoms with Gasteiger partial charge in [-0.05, 0) is 50.1 Å². The standard InChI is InChI=1S/C28H34FN3O5/c1-17-14-32(28(35)21-7-5-6-8-23(21)29)18(2)16-37-24-12-11-20(30-26(33)19-9-10-19)13-22(24)27(34)31(3)15-25(17)36-4/h5-8,11-13,17-19,25H,9-10,14-16H2,1-4H3,(H,30,33)/t17-,18+,25-/m0/s1. The average Bonchev–Trinajstić information content (AvgIpc) is 3.74.